The number of hydrogen-bond acceptors (Lipinski definition) is 6. The first-order valence-corrected chi connectivity index (χ1v) is 8.33. The van der Waals surface area contributed by atoms with Crippen molar-refractivity contribution in [3.63, 3.8) is 0 Å². The van der Waals surface area contributed by atoms with Crippen molar-refractivity contribution in [1.29, 1.82) is 0 Å². The molecule has 0 amide bonds. The number of benzene rings is 1. The van der Waals surface area contributed by atoms with Crippen LogP contribution in [0.2, 0.25) is 0 Å². The zero-order valence-electron chi connectivity index (χ0n) is 14.4. The fourth-order valence-electron chi connectivity index (χ4n) is 2.46. The summed E-state index contributed by atoms with van der Waals surface area (Å²) in [4.78, 5) is 27.7. The van der Waals surface area contributed by atoms with E-state index in [9.17, 15) is 9.59 Å². The van der Waals surface area contributed by atoms with Crippen LogP contribution in [0.3, 0.4) is 0 Å². The summed E-state index contributed by atoms with van der Waals surface area (Å²) in [6.45, 7) is 5.64. The van der Waals surface area contributed by atoms with E-state index in [1.54, 1.807) is 13.8 Å². The van der Waals surface area contributed by atoms with Gasteiger partial charge in [-0.15, -0.1) is 0 Å². The van der Waals surface area contributed by atoms with Gasteiger partial charge in [0, 0.05) is 18.2 Å². The van der Waals surface area contributed by atoms with E-state index < -0.39 is 5.97 Å². The Balaban J connectivity index is 2.56. The van der Waals surface area contributed by atoms with Crippen LogP contribution in [-0.4, -0.2) is 34.7 Å². The molecular weight excluding hydrogens is 340 g/mol. The Hall–Kier alpha value is -2.54. The first-order valence-electron chi connectivity index (χ1n) is 7.93. The number of carbonyl (C=O) groups excluding carboxylic acids is 2. The van der Waals surface area contributed by atoms with Crippen molar-refractivity contribution < 1.29 is 19.1 Å². The van der Waals surface area contributed by atoms with Crippen LogP contribution in [0, 0.1) is 11.6 Å². The monoisotopic (exact) mass is 360 g/mol. The minimum atomic E-state index is -0.502. The van der Waals surface area contributed by atoms with E-state index in [0.717, 1.165) is 5.56 Å². The van der Waals surface area contributed by atoms with E-state index in [-0.39, 0.29) is 29.4 Å². The molecule has 0 spiro atoms. The highest BCUT2D eigenvalue weighted by atomic mass is 32.1. The molecule has 1 aromatic carbocycles. The van der Waals surface area contributed by atoms with Crippen molar-refractivity contribution in [3.05, 3.63) is 46.2 Å². The van der Waals surface area contributed by atoms with Crippen molar-refractivity contribution in [2.45, 2.75) is 27.3 Å². The lowest BCUT2D eigenvalue weighted by atomic mass is 10.1. The fourth-order valence-corrected chi connectivity index (χ4v) is 2.78. The number of aromatic nitrogens is 2. The van der Waals surface area contributed by atoms with Gasteiger partial charge in [0.1, 0.15) is 22.6 Å². The molecule has 2 aromatic rings. The molecule has 7 heteroatoms. The van der Waals surface area contributed by atoms with E-state index in [1.165, 1.54) is 6.92 Å². The minimum Gasteiger partial charge on any atom is -0.464 e. The van der Waals surface area contributed by atoms with Crippen molar-refractivity contribution in [2.24, 2.45) is 0 Å². The van der Waals surface area contributed by atoms with Gasteiger partial charge in [0.2, 0.25) is 0 Å². The number of carbonyl (C=O) groups is 2. The third-order valence-electron chi connectivity index (χ3n) is 3.58. The van der Waals surface area contributed by atoms with Gasteiger partial charge in [-0.3, -0.25) is 4.79 Å². The average molecular weight is 360 g/mol. The van der Waals surface area contributed by atoms with E-state index in [0.29, 0.717) is 18.1 Å². The Morgan fingerprint density at radius 3 is 2.48 bits per heavy atom. The summed E-state index contributed by atoms with van der Waals surface area (Å²) in [6.07, 6.45) is 0. The van der Waals surface area contributed by atoms with Crippen molar-refractivity contribution >= 4 is 24.2 Å². The van der Waals surface area contributed by atoms with Gasteiger partial charge >= 0.3 is 11.9 Å². The van der Waals surface area contributed by atoms with Gasteiger partial charge in [-0.05, 0) is 13.8 Å². The van der Waals surface area contributed by atoms with Gasteiger partial charge in [-0.25, -0.2) is 9.78 Å². The Morgan fingerprint density at radius 2 is 1.88 bits per heavy atom. The molecule has 0 saturated heterocycles. The lowest BCUT2D eigenvalue weighted by Gasteiger charge is -2.18. The molecule has 1 aromatic heterocycles. The molecule has 6 nitrogen and oxygen atoms in total. The van der Waals surface area contributed by atoms with Gasteiger partial charge in [0.25, 0.3) is 0 Å². The molecule has 0 bridgehead atoms. The molecule has 2 rings (SSSR count). The predicted molar refractivity (Wildman–Crippen MR) is 95.8 cm³/mol. The maximum Gasteiger partial charge on any atom is 0.343 e. The minimum absolute atomic E-state index is 0.168. The zero-order chi connectivity index (χ0) is 18.4. The second-order valence-electron chi connectivity index (χ2n) is 5.28. The summed E-state index contributed by atoms with van der Waals surface area (Å²) in [6, 6.07) is 9.50. The molecular formula is C18H20N2O4S. The van der Waals surface area contributed by atoms with E-state index in [4.69, 9.17) is 21.7 Å². The highest BCUT2D eigenvalue weighted by Gasteiger charge is 2.19. The maximum atomic E-state index is 12.2. The third-order valence-corrected chi connectivity index (χ3v) is 3.87. The summed E-state index contributed by atoms with van der Waals surface area (Å²) in [7, 11) is 0. The molecule has 0 N–H and O–H groups in total. The normalized spacial score (nSPS) is 10.4. The second-order valence-corrected chi connectivity index (χ2v) is 5.67. The molecule has 1 heterocycles. The summed E-state index contributed by atoms with van der Waals surface area (Å²) in [5, 5.41) is 0. The van der Waals surface area contributed by atoms with Gasteiger partial charge in [-0.1, -0.05) is 42.5 Å². The van der Waals surface area contributed by atoms with Gasteiger partial charge in [0.15, 0.2) is 0 Å². The average Bonchev–Trinajstić information content (AvgIpc) is 2.57. The van der Waals surface area contributed by atoms with Crippen LogP contribution in [0.5, 0.6) is 0 Å². The van der Waals surface area contributed by atoms with Crippen molar-refractivity contribution in [2.75, 3.05) is 13.2 Å². The standard InChI is InChI=1S/C18H20N2O4S/c1-4-23-18(22)15-12(2)20(10-11-24-13(3)21)16(19-17(15)25)14-8-6-5-7-9-14/h5-9H,4,10-11H2,1-3H3. The zero-order valence-corrected chi connectivity index (χ0v) is 15.3. The summed E-state index contributed by atoms with van der Waals surface area (Å²) >= 11 is 5.32. The van der Waals surface area contributed by atoms with Gasteiger partial charge < -0.3 is 14.0 Å². The first-order chi connectivity index (χ1) is 12.0. The lowest BCUT2D eigenvalue weighted by Crippen LogP contribution is -2.20. The van der Waals surface area contributed by atoms with E-state index in [2.05, 4.69) is 4.98 Å². The van der Waals surface area contributed by atoms with Crippen LogP contribution in [0.15, 0.2) is 30.3 Å². The van der Waals surface area contributed by atoms with E-state index in [1.807, 2.05) is 34.9 Å². The molecule has 0 saturated carbocycles. The van der Waals surface area contributed by atoms with Crippen molar-refractivity contribution in [1.82, 2.24) is 9.55 Å². The van der Waals surface area contributed by atoms with Crippen LogP contribution < -0.4 is 0 Å². The number of ether oxygens (including phenoxy) is 2. The highest BCUT2D eigenvalue weighted by molar-refractivity contribution is 7.71. The van der Waals surface area contributed by atoms with Gasteiger partial charge in [-0.2, -0.15) is 0 Å². The molecule has 0 fully saturated rings. The van der Waals surface area contributed by atoms with Crippen LogP contribution in [0.1, 0.15) is 29.9 Å². The number of esters is 2. The number of nitrogens with zero attached hydrogens (tertiary/aromatic N) is 2. The lowest BCUT2D eigenvalue weighted by molar-refractivity contribution is -0.141. The molecule has 0 aliphatic rings. The molecule has 0 unspecified atom stereocenters. The Morgan fingerprint density at radius 1 is 1.20 bits per heavy atom. The maximum absolute atomic E-state index is 12.2. The van der Waals surface area contributed by atoms with Gasteiger partial charge in [0.05, 0.1) is 13.2 Å². The van der Waals surface area contributed by atoms with Crippen molar-refractivity contribution in [3.8, 4) is 11.4 Å². The van der Waals surface area contributed by atoms with Crippen LogP contribution in [0.4, 0.5) is 0 Å². The van der Waals surface area contributed by atoms with Crippen LogP contribution in [-0.2, 0) is 20.8 Å². The third kappa shape index (κ3) is 4.51. The largest absolute Gasteiger partial charge is 0.464 e. The quantitative estimate of drug-likeness (QED) is 0.581. The molecule has 0 atom stereocenters. The topological polar surface area (TPSA) is 70.4 Å². The van der Waals surface area contributed by atoms with Crippen LogP contribution >= 0.6 is 12.2 Å². The summed E-state index contributed by atoms with van der Waals surface area (Å²) in [5.41, 5.74) is 1.75. The molecule has 25 heavy (non-hydrogen) atoms. The Bertz CT molecular complexity index is 831. The fraction of sp³-hybridized carbons (Fsp3) is 0.333. The second kappa shape index (κ2) is 8.53. The SMILES string of the molecule is CCOC(=O)c1c(C)n(CCOC(C)=O)c(-c2ccccc2)nc1=S. The smallest absolute Gasteiger partial charge is 0.343 e. The summed E-state index contributed by atoms with van der Waals surface area (Å²) in [5.74, 6) is -0.250. The number of rotatable bonds is 6. The highest BCUT2D eigenvalue weighted by Crippen LogP contribution is 2.22. The predicted octanol–water partition coefficient (Wildman–Crippen LogP) is 3.33. The molecule has 0 aliphatic carbocycles. The molecule has 0 aliphatic heterocycles. The summed E-state index contributed by atoms with van der Waals surface area (Å²) < 4.78 is 12.1. The van der Waals surface area contributed by atoms with E-state index >= 15 is 0 Å². The number of hydrogen-bond donors (Lipinski definition) is 0. The molecule has 0 radical (unpaired) electrons. The van der Waals surface area contributed by atoms with Crippen LogP contribution in [0.25, 0.3) is 11.4 Å². The Kier molecular flexibility index (Phi) is 6.41. The molecule has 132 valence electrons. The first kappa shape index (κ1) is 18.8. The Labute approximate surface area is 151 Å².